The van der Waals surface area contributed by atoms with Gasteiger partial charge in [-0.2, -0.15) is 0 Å². The van der Waals surface area contributed by atoms with Crippen LogP contribution in [0.15, 0.2) is 0 Å². The molecular weight excluding hydrogens is 298 g/mol. The van der Waals surface area contributed by atoms with Crippen LogP contribution in [0.1, 0.15) is 27.7 Å². The van der Waals surface area contributed by atoms with E-state index in [9.17, 15) is 15.2 Å². The van der Waals surface area contributed by atoms with Gasteiger partial charge in [-0.3, -0.25) is 10.1 Å². The Balaban J connectivity index is 1.92. The molecule has 3 rings (SSSR count). The number of aliphatic hydroxyl groups excluding tert-OH is 1. The summed E-state index contributed by atoms with van der Waals surface area (Å²) < 4.78 is 28.9. The van der Waals surface area contributed by atoms with Gasteiger partial charge in [-0.1, -0.05) is 0 Å². The Morgan fingerprint density at radius 3 is 2.55 bits per heavy atom. The maximum Gasteiger partial charge on any atom is 0.234 e. The van der Waals surface area contributed by atoms with Gasteiger partial charge in [0.25, 0.3) is 0 Å². The summed E-state index contributed by atoms with van der Waals surface area (Å²) in [5.74, 6) is -3.52. The fraction of sp³-hybridized carbons (Fsp3) is 1.00. The Kier molecular flexibility index (Phi) is 3.52. The van der Waals surface area contributed by atoms with Gasteiger partial charge in [0.15, 0.2) is 17.7 Å². The molecule has 9 heteroatoms. The van der Waals surface area contributed by atoms with E-state index in [4.69, 9.17) is 23.7 Å². The summed E-state index contributed by atoms with van der Waals surface area (Å²) in [5.41, 5.74) is 0. The van der Waals surface area contributed by atoms with E-state index in [1.807, 2.05) is 0 Å². The minimum Gasteiger partial charge on any atom is -0.381 e. The van der Waals surface area contributed by atoms with Crippen LogP contribution in [0.25, 0.3) is 0 Å². The fourth-order valence-electron chi connectivity index (χ4n) is 3.35. The lowest BCUT2D eigenvalue weighted by atomic mass is 9.93. The minimum atomic E-state index is -1.64. The van der Waals surface area contributed by atoms with Crippen molar-refractivity contribution >= 4 is 0 Å². The highest BCUT2D eigenvalue weighted by molar-refractivity contribution is 5.06. The second-order valence-corrected chi connectivity index (χ2v) is 6.74. The number of hydrogen-bond acceptors (Lipinski definition) is 8. The Hall–Kier alpha value is -0.840. The van der Waals surface area contributed by atoms with Crippen LogP contribution < -0.4 is 0 Å². The van der Waals surface area contributed by atoms with Crippen LogP contribution in [0, 0.1) is 10.1 Å². The van der Waals surface area contributed by atoms with Crippen molar-refractivity contribution in [1.29, 1.82) is 0 Å². The third-order valence-electron chi connectivity index (χ3n) is 3.99. The minimum absolute atomic E-state index is 0.0960. The lowest BCUT2D eigenvalue weighted by Gasteiger charge is -2.42. The molecule has 3 saturated heterocycles. The molecule has 3 aliphatic rings. The van der Waals surface area contributed by atoms with Gasteiger partial charge < -0.3 is 28.8 Å². The average Bonchev–Trinajstić information content (AvgIpc) is 2.80. The zero-order chi connectivity index (χ0) is 16.3. The second-order valence-electron chi connectivity index (χ2n) is 6.74. The van der Waals surface area contributed by atoms with E-state index >= 15 is 0 Å². The third-order valence-corrected chi connectivity index (χ3v) is 3.99. The molecule has 5 atom stereocenters. The van der Waals surface area contributed by atoms with E-state index in [1.54, 1.807) is 27.7 Å². The summed E-state index contributed by atoms with van der Waals surface area (Å²) in [5, 5.41) is 21.1. The molecule has 0 amide bonds. The Bertz CT molecular complexity index is 481. The first-order valence-corrected chi connectivity index (χ1v) is 7.22. The molecule has 126 valence electrons. The molecule has 0 aromatic carbocycles. The van der Waals surface area contributed by atoms with E-state index in [1.165, 1.54) is 0 Å². The summed E-state index contributed by atoms with van der Waals surface area (Å²) in [6, 6.07) is 0. The molecule has 0 aromatic heterocycles. The van der Waals surface area contributed by atoms with Gasteiger partial charge in [0.05, 0.1) is 6.61 Å². The normalized spacial score (nSPS) is 43.4. The maximum atomic E-state index is 10.8. The first-order chi connectivity index (χ1) is 10.0. The van der Waals surface area contributed by atoms with Crippen molar-refractivity contribution < 1.29 is 33.7 Å². The average molecular weight is 319 g/mol. The van der Waals surface area contributed by atoms with Crippen LogP contribution in [0.3, 0.4) is 0 Å². The summed E-state index contributed by atoms with van der Waals surface area (Å²) in [4.78, 5) is 10.2. The topological polar surface area (TPSA) is 110 Å². The van der Waals surface area contributed by atoms with Crippen molar-refractivity contribution in [1.82, 2.24) is 0 Å². The molecule has 0 spiro atoms. The summed E-state index contributed by atoms with van der Waals surface area (Å²) in [6.07, 6.45) is -3.22. The second kappa shape index (κ2) is 4.83. The first kappa shape index (κ1) is 16.0. The number of aliphatic hydroxyl groups is 1. The molecule has 3 aliphatic heterocycles. The molecule has 0 aliphatic carbocycles. The van der Waals surface area contributed by atoms with Crippen LogP contribution >= 0.6 is 0 Å². The van der Waals surface area contributed by atoms with Crippen molar-refractivity contribution in [2.24, 2.45) is 0 Å². The van der Waals surface area contributed by atoms with E-state index < -0.39 is 47.1 Å². The number of rotatable bonds is 3. The molecule has 9 nitrogen and oxygen atoms in total. The highest BCUT2D eigenvalue weighted by Crippen LogP contribution is 2.48. The molecule has 0 saturated carbocycles. The molecule has 3 heterocycles. The van der Waals surface area contributed by atoms with Crippen molar-refractivity contribution in [3.8, 4) is 0 Å². The van der Waals surface area contributed by atoms with Crippen LogP contribution in [0.5, 0.6) is 0 Å². The number of nitrogens with zero attached hydrogens (tertiary/aromatic N) is 1. The fourth-order valence-corrected chi connectivity index (χ4v) is 3.35. The van der Waals surface area contributed by atoms with Gasteiger partial charge in [0.1, 0.15) is 18.3 Å². The van der Waals surface area contributed by atoms with Gasteiger partial charge in [0.2, 0.25) is 12.3 Å². The SMILES string of the molecule is CC1(C)OC2COC3(C(O)C[N+](=O)[O-])OC(C)(C)OC3C2O1. The lowest BCUT2D eigenvalue weighted by Crippen LogP contribution is -2.64. The predicted molar refractivity (Wildman–Crippen MR) is 70.4 cm³/mol. The quantitative estimate of drug-likeness (QED) is 0.573. The molecular formula is C13H21NO8. The zero-order valence-electron chi connectivity index (χ0n) is 13.0. The van der Waals surface area contributed by atoms with Crippen molar-refractivity contribution in [3.05, 3.63) is 10.1 Å². The van der Waals surface area contributed by atoms with Crippen molar-refractivity contribution in [2.75, 3.05) is 13.2 Å². The van der Waals surface area contributed by atoms with Crippen LogP contribution in [0.2, 0.25) is 0 Å². The van der Waals surface area contributed by atoms with Gasteiger partial charge in [0, 0.05) is 4.92 Å². The van der Waals surface area contributed by atoms with Crippen LogP contribution in [-0.2, 0) is 23.7 Å². The van der Waals surface area contributed by atoms with Crippen molar-refractivity contribution in [2.45, 2.75) is 69.5 Å². The maximum absolute atomic E-state index is 10.8. The molecule has 3 fully saturated rings. The molecule has 5 unspecified atom stereocenters. The van der Waals surface area contributed by atoms with Crippen LogP contribution in [0.4, 0.5) is 0 Å². The van der Waals surface area contributed by atoms with E-state index in [0.717, 1.165) is 0 Å². The smallest absolute Gasteiger partial charge is 0.234 e. The zero-order valence-corrected chi connectivity index (χ0v) is 13.0. The largest absolute Gasteiger partial charge is 0.381 e. The number of ether oxygens (including phenoxy) is 5. The first-order valence-electron chi connectivity index (χ1n) is 7.22. The molecule has 0 radical (unpaired) electrons. The molecule has 0 bridgehead atoms. The predicted octanol–water partition coefficient (Wildman–Crippen LogP) is 0.0221. The van der Waals surface area contributed by atoms with Gasteiger partial charge >= 0.3 is 0 Å². The Morgan fingerprint density at radius 1 is 1.23 bits per heavy atom. The highest BCUT2D eigenvalue weighted by atomic mass is 16.9. The van der Waals surface area contributed by atoms with E-state index in [0.29, 0.717) is 0 Å². The number of fused-ring (bicyclic) bond motifs is 3. The third kappa shape index (κ3) is 2.51. The Morgan fingerprint density at radius 2 is 1.91 bits per heavy atom. The molecule has 1 N–H and O–H groups in total. The standard InChI is InChI=1S/C13H21NO8/c1-11(2)19-7-6-18-13(8(15)5-14(16)17)10(9(7)20-11)21-12(3,4)22-13/h7-10,15H,5-6H2,1-4H3. The van der Waals surface area contributed by atoms with Gasteiger partial charge in [-0.15, -0.1) is 0 Å². The summed E-state index contributed by atoms with van der Waals surface area (Å²) >= 11 is 0. The highest BCUT2D eigenvalue weighted by Gasteiger charge is 2.68. The van der Waals surface area contributed by atoms with Gasteiger partial charge in [-0.25, -0.2) is 0 Å². The molecule has 22 heavy (non-hydrogen) atoms. The molecule has 0 aromatic rings. The summed E-state index contributed by atoms with van der Waals surface area (Å²) in [6.45, 7) is 6.23. The monoisotopic (exact) mass is 319 g/mol. The van der Waals surface area contributed by atoms with Crippen LogP contribution in [-0.4, -0.2) is 65.0 Å². The number of hydrogen-bond donors (Lipinski definition) is 1. The van der Waals surface area contributed by atoms with Gasteiger partial charge in [-0.05, 0) is 27.7 Å². The van der Waals surface area contributed by atoms with E-state index in [-0.39, 0.29) is 12.7 Å². The summed E-state index contributed by atoms with van der Waals surface area (Å²) in [7, 11) is 0. The van der Waals surface area contributed by atoms with E-state index in [2.05, 4.69) is 0 Å². The Labute approximate surface area is 127 Å². The number of nitro groups is 1. The van der Waals surface area contributed by atoms with Crippen molar-refractivity contribution in [3.63, 3.8) is 0 Å². The lowest BCUT2D eigenvalue weighted by molar-refractivity contribution is -0.504.